The zero-order chi connectivity index (χ0) is 16.2. The first kappa shape index (κ1) is 15.8. The fourth-order valence-electron chi connectivity index (χ4n) is 2.51. The van der Waals surface area contributed by atoms with Crippen LogP contribution < -0.4 is 10.3 Å². The average Bonchev–Trinajstić information content (AvgIpc) is 3.00. The lowest BCUT2D eigenvalue weighted by molar-refractivity contribution is 0.102. The Morgan fingerprint density at radius 1 is 1.39 bits per heavy atom. The molecule has 23 heavy (non-hydrogen) atoms. The van der Waals surface area contributed by atoms with E-state index in [1.54, 1.807) is 6.07 Å². The van der Waals surface area contributed by atoms with Gasteiger partial charge < -0.3 is 9.72 Å². The number of nitrogens with zero attached hydrogens (tertiary/aromatic N) is 1. The van der Waals surface area contributed by atoms with Gasteiger partial charge in [-0.05, 0) is 30.2 Å². The number of aromatic nitrogens is 2. The molecule has 0 saturated heterocycles. The largest absolute Gasteiger partial charge is 0.493 e. The number of nitrogens with one attached hydrogen (secondary N) is 1. The van der Waals surface area contributed by atoms with Gasteiger partial charge in [-0.1, -0.05) is 25.1 Å². The molecule has 1 aliphatic rings. The SMILES string of the molecule is CCCc1cc(=O)[nH]c(SCC(=O)c2ccc3c(c2)CCO3)n1. The van der Waals surface area contributed by atoms with E-state index in [-0.39, 0.29) is 17.1 Å². The summed E-state index contributed by atoms with van der Waals surface area (Å²) < 4.78 is 5.45. The van der Waals surface area contributed by atoms with Crippen molar-refractivity contribution in [3.63, 3.8) is 0 Å². The van der Waals surface area contributed by atoms with Gasteiger partial charge in [0.15, 0.2) is 10.9 Å². The predicted octanol–water partition coefficient (Wildman–Crippen LogP) is 2.63. The van der Waals surface area contributed by atoms with Gasteiger partial charge in [-0.2, -0.15) is 0 Å². The summed E-state index contributed by atoms with van der Waals surface area (Å²) >= 11 is 1.26. The smallest absolute Gasteiger partial charge is 0.251 e. The van der Waals surface area contributed by atoms with E-state index in [0.717, 1.165) is 36.3 Å². The first-order valence-corrected chi connectivity index (χ1v) is 8.66. The number of benzene rings is 1. The lowest BCUT2D eigenvalue weighted by Gasteiger charge is -2.05. The molecule has 1 aromatic heterocycles. The van der Waals surface area contributed by atoms with Crippen molar-refractivity contribution in [2.45, 2.75) is 31.3 Å². The van der Waals surface area contributed by atoms with Crippen LogP contribution in [-0.2, 0) is 12.8 Å². The van der Waals surface area contributed by atoms with Crippen molar-refractivity contribution in [1.29, 1.82) is 0 Å². The Morgan fingerprint density at radius 3 is 3.09 bits per heavy atom. The summed E-state index contributed by atoms with van der Waals surface area (Å²) in [5.74, 6) is 1.14. The second-order valence-corrected chi connectivity index (χ2v) is 6.39. The summed E-state index contributed by atoms with van der Waals surface area (Å²) in [6.45, 7) is 2.72. The Bertz CT molecular complexity index is 786. The second-order valence-electron chi connectivity index (χ2n) is 5.42. The van der Waals surface area contributed by atoms with E-state index in [0.29, 0.717) is 17.3 Å². The molecule has 5 nitrogen and oxygen atoms in total. The number of aryl methyl sites for hydroxylation is 1. The van der Waals surface area contributed by atoms with Crippen LogP contribution in [0.2, 0.25) is 0 Å². The van der Waals surface area contributed by atoms with Crippen molar-refractivity contribution in [3.05, 3.63) is 51.4 Å². The molecule has 1 N–H and O–H groups in total. The van der Waals surface area contributed by atoms with Gasteiger partial charge in [0.05, 0.1) is 12.4 Å². The van der Waals surface area contributed by atoms with Gasteiger partial charge in [-0.15, -0.1) is 0 Å². The van der Waals surface area contributed by atoms with E-state index in [2.05, 4.69) is 9.97 Å². The average molecular weight is 330 g/mol. The van der Waals surface area contributed by atoms with E-state index in [4.69, 9.17) is 4.74 Å². The lowest BCUT2D eigenvalue weighted by Crippen LogP contribution is -2.11. The van der Waals surface area contributed by atoms with E-state index >= 15 is 0 Å². The number of hydrogen-bond donors (Lipinski definition) is 1. The van der Waals surface area contributed by atoms with Crippen molar-refractivity contribution in [1.82, 2.24) is 9.97 Å². The van der Waals surface area contributed by atoms with E-state index in [1.807, 2.05) is 19.1 Å². The highest BCUT2D eigenvalue weighted by Gasteiger charge is 2.15. The number of ether oxygens (including phenoxy) is 1. The molecule has 1 aliphatic heterocycles. The molecule has 0 unspecified atom stereocenters. The molecule has 120 valence electrons. The van der Waals surface area contributed by atoms with Crippen LogP contribution in [-0.4, -0.2) is 28.1 Å². The molecule has 2 aromatic rings. The molecular weight excluding hydrogens is 312 g/mol. The summed E-state index contributed by atoms with van der Waals surface area (Å²) in [6, 6.07) is 7.05. The third-order valence-corrected chi connectivity index (χ3v) is 4.50. The first-order chi connectivity index (χ1) is 11.2. The molecule has 6 heteroatoms. The molecule has 0 spiro atoms. The number of hydrogen-bond acceptors (Lipinski definition) is 5. The van der Waals surface area contributed by atoms with Crippen LogP contribution in [0.3, 0.4) is 0 Å². The van der Waals surface area contributed by atoms with Crippen molar-refractivity contribution in [3.8, 4) is 5.75 Å². The standard InChI is InChI=1S/C17H18N2O3S/c1-2-3-13-9-16(21)19-17(18-13)23-10-14(20)11-4-5-15-12(8-11)6-7-22-15/h4-5,8-9H,2-3,6-7,10H2,1H3,(H,18,19,21). The number of aromatic amines is 1. The third-order valence-electron chi connectivity index (χ3n) is 3.63. The van der Waals surface area contributed by atoms with E-state index in [1.165, 1.54) is 17.8 Å². The maximum Gasteiger partial charge on any atom is 0.251 e. The minimum Gasteiger partial charge on any atom is -0.493 e. The maximum atomic E-state index is 12.3. The Morgan fingerprint density at radius 2 is 2.26 bits per heavy atom. The fourth-order valence-corrected chi connectivity index (χ4v) is 3.30. The lowest BCUT2D eigenvalue weighted by atomic mass is 10.1. The van der Waals surface area contributed by atoms with Crippen molar-refractivity contribution in [2.24, 2.45) is 0 Å². The van der Waals surface area contributed by atoms with Crippen LogP contribution >= 0.6 is 11.8 Å². The van der Waals surface area contributed by atoms with Gasteiger partial charge in [0.25, 0.3) is 5.56 Å². The van der Waals surface area contributed by atoms with Crippen molar-refractivity contribution < 1.29 is 9.53 Å². The molecule has 0 aliphatic carbocycles. The van der Waals surface area contributed by atoms with Gasteiger partial charge in [-0.3, -0.25) is 9.59 Å². The Labute approximate surface area is 138 Å². The van der Waals surface area contributed by atoms with Gasteiger partial charge >= 0.3 is 0 Å². The molecule has 0 bridgehead atoms. The maximum absolute atomic E-state index is 12.3. The molecule has 2 heterocycles. The highest BCUT2D eigenvalue weighted by Crippen LogP contribution is 2.26. The monoisotopic (exact) mass is 330 g/mol. The molecule has 0 amide bonds. The minimum atomic E-state index is -0.173. The second kappa shape index (κ2) is 7.00. The summed E-state index contributed by atoms with van der Waals surface area (Å²) in [6.07, 6.45) is 2.53. The number of Topliss-reactive ketones (excluding diaryl/α,β-unsaturated/α-hetero) is 1. The van der Waals surface area contributed by atoms with Crippen LogP contribution in [0.4, 0.5) is 0 Å². The van der Waals surface area contributed by atoms with Crippen LogP contribution in [0, 0.1) is 0 Å². The fraction of sp³-hybridized carbons (Fsp3) is 0.353. The molecule has 3 rings (SSSR count). The number of fused-ring (bicyclic) bond motifs is 1. The van der Waals surface area contributed by atoms with E-state index < -0.39 is 0 Å². The number of rotatable bonds is 6. The third kappa shape index (κ3) is 3.82. The summed E-state index contributed by atoms with van der Waals surface area (Å²) in [5.41, 5.74) is 2.35. The molecular formula is C17H18N2O3S. The molecule has 0 atom stereocenters. The zero-order valence-corrected chi connectivity index (χ0v) is 13.7. The Balaban J connectivity index is 1.68. The Kier molecular flexibility index (Phi) is 4.81. The van der Waals surface area contributed by atoms with Crippen molar-refractivity contribution >= 4 is 17.5 Å². The summed E-state index contributed by atoms with van der Waals surface area (Å²) in [7, 11) is 0. The number of ketones is 1. The normalized spacial score (nSPS) is 12.7. The Hall–Kier alpha value is -2.08. The van der Waals surface area contributed by atoms with Gasteiger partial charge in [-0.25, -0.2) is 4.98 Å². The van der Waals surface area contributed by atoms with Crippen LogP contribution in [0.5, 0.6) is 5.75 Å². The van der Waals surface area contributed by atoms with Gasteiger partial charge in [0, 0.05) is 23.7 Å². The zero-order valence-electron chi connectivity index (χ0n) is 12.9. The molecule has 0 radical (unpaired) electrons. The van der Waals surface area contributed by atoms with Crippen molar-refractivity contribution in [2.75, 3.05) is 12.4 Å². The molecule has 1 aromatic carbocycles. The summed E-state index contributed by atoms with van der Waals surface area (Å²) in [4.78, 5) is 31.0. The van der Waals surface area contributed by atoms with Gasteiger partial charge in [0.2, 0.25) is 0 Å². The van der Waals surface area contributed by atoms with E-state index in [9.17, 15) is 9.59 Å². The quantitative estimate of drug-likeness (QED) is 0.501. The highest BCUT2D eigenvalue weighted by molar-refractivity contribution is 7.99. The minimum absolute atomic E-state index is 0.0215. The number of H-pyrrole nitrogens is 1. The topological polar surface area (TPSA) is 72.0 Å². The van der Waals surface area contributed by atoms with Crippen LogP contribution in [0.25, 0.3) is 0 Å². The molecule has 0 fully saturated rings. The number of thioether (sulfide) groups is 1. The highest BCUT2D eigenvalue weighted by atomic mass is 32.2. The number of carbonyl (C=O) groups is 1. The first-order valence-electron chi connectivity index (χ1n) is 7.67. The molecule has 0 saturated carbocycles. The summed E-state index contributed by atoms with van der Waals surface area (Å²) in [5, 5.41) is 0.499. The predicted molar refractivity (Wildman–Crippen MR) is 89.5 cm³/mol. The van der Waals surface area contributed by atoms with Gasteiger partial charge in [0.1, 0.15) is 5.75 Å². The van der Waals surface area contributed by atoms with Crippen LogP contribution in [0.15, 0.2) is 34.2 Å². The number of carbonyl (C=O) groups excluding carboxylic acids is 1. The van der Waals surface area contributed by atoms with Crippen LogP contribution in [0.1, 0.15) is 35.0 Å².